The van der Waals surface area contributed by atoms with E-state index < -0.39 is 0 Å². The fourth-order valence-corrected chi connectivity index (χ4v) is 3.41. The Bertz CT molecular complexity index is 591. The molecule has 0 aromatic carbocycles. The van der Waals surface area contributed by atoms with Crippen molar-refractivity contribution in [2.45, 2.75) is 59.3 Å². The van der Waals surface area contributed by atoms with E-state index in [-0.39, 0.29) is 36.4 Å². The summed E-state index contributed by atoms with van der Waals surface area (Å²) in [4.78, 5) is 23.7. The van der Waals surface area contributed by atoms with Crippen LogP contribution < -0.4 is 10.6 Å². The van der Waals surface area contributed by atoms with E-state index in [1.54, 1.807) is 30.3 Å². The van der Waals surface area contributed by atoms with Crippen molar-refractivity contribution >= 4 is 47.2 Å². The van der Waals surface area contributed by atoms with Crippen LogP contribution in [0, 0.1) is 12.8 Å². The Morgan fingerprint density at radius 2 is 1.96 bits per heavy atom. The van der Waals surface area contributed by atoms with E-state index >= 15 is 0 Å². The number of nitrogens with zero attached hydrogens (tertiary/aromatic N) is 3. The van der Waals surface area contributed by atoms with Crippen molar-refractivity contribution < 1.29 is 4.79 Å². The van der Waals surface area contributed by atoms with E-state index in [1.165, 1.54) is 24.1 Å². The Balaban J connectivity index is 0.00000729. The molecule has 1 rings (SSSR count). The summed E-state index contributed by atoms with van der Waals surface area (Å²) in [6.45, 7) is 10.5. The number of thiazole rings is 1. The van der Waals surface area contributed by atoms with Gasteiger partial charge in [-0.05, 0) is 19.3 Å². The highest BCUT2D eigenvalue weighted by molar-refractivity contribution is 14.0. The van der Waals surface area contributed by atoms with Gasteiger partial charge < -0.3 is 15.5 Å². The van der Waals surface area contributed by atoms with Crippen LogP contribution in [0.15, 0.2) is 11.2 Å². The zero-order valence-corrected chi connectivity index (χ0v) is 21.4. The summed E-state index contributed by atoms with van der Waals surface area (Å²) >= 11 is 1.73. The van der Waals surface area contributed by atoms with Crippen molar-refractivity contribution in [2.24, 2.45) is 10.9 Å². The Kier molecular flexibility index (Phi) is 14.5. The first kappa shape index (κ1) is 27.1. The summed E-state index contributed by atoms with van der Waals surface area (Å²) in [6.07, 6.45) is 6.75. The average Bonchev–Trinajstić information content (AvgIpc) is 3.09. The molecule has 1 amide bonds. The Labute approximate surface area is 192 Å². The molecule has 2 N–H and O–H groups in total. The number of likely N-dealkylation sites (N-methyl/N-ethyl adjacent to an activating group) is 1. The second-order valence-electron chi connectivity index (χ2n) is 7.34. The first-order chi connectivity index (χ1) is 12.9. The predicted molar refractivity (Wildman–Crippen MR) is 131 cm³/mol. The molecule has 0 radical (unpaired) electrons. The van der Waals surface area contributed by atoms with Crippen LogP contribution in [-0.4, -0.2) is 55.5 Å². The van der Waals surface area contributed by atoms with Gasteiger partial charge in [0.05, 0.1) is 5.01 Å². The van der Waals surface area contributed by atoms with Gasteiger partial charge in [-0.25, -0.2) is 9.98 Å². The van der Waals surface area contributed by atoms with Crippen molar-refractivity contribution in [1.82, 2.24) is 20.5 Å². The summed E-state index contributed by atoms with van der Waals surface area (Å²) in [7, 11) is 3.51. The molecule has 0 saturated carbocycles. The number of nitrogens with one attached hydrogen (secondary N) is 2. The first-order valence-electron chi connectivity index (χ1n) is 10.0. The van der Waals surface area contributed by atoms with Gasteiger partial charge in [-0.1, -0.05) is 40.0 Å². The highest BCUT2D eigenvalue weighted by Crippen LogP contribution is 2.20. The number of aliphatic imine (C=N–C) groups is 1. The van der Waals surface area contributed by atoms with Crippen LogP contribution in [0.25, 0.3) is 0 Å². The SMILES string of the molecule is CCCCC(CC)CNC(=NCC(=O)N(C)C)NCC(C)c1ncc(C)s1.I. The van der Waals surface area contributed by atoms with Crippen LogP contribution in [0.4, 0.5) is 0 Å². The third kappa shape index (κ3) is 10.6. The smallest absolute Gasteiger partial charge is 0.243 e. The molecule has 28 heavy (non-hydrogen) atoms. The molecule has 0 saturated heterocycles. The number of carbonyl (C=O) groups is 1. The number of aryl methyl sites for hydroxylation is 1. The van der Waals surface area contributed by atoms with E-state index in [0.29, 0.717) is 17.8 Å². The van der Waals surface area contributed by atoms with Crippen molar-refractivity contribution in [3.63, 3.8) is 0 Å². The number of hydrogen-bond acceptors (Lipinski definition) is 4. The number of halogens is 1. The Hall–Kier alpha value is -0.900. The van der Waals surface area contributed by atoms with Gasteiger partial charge in [-0.3, -0.25) is 4.79 Å². The van der Waals surface area contributed by atoms with Gasteiger partial charge in [0.2, 0.25) is 5.91 Å². The van der Waals surface area contributed by atoms with Gasteiger partial charge in [0, 0.05) is 44.2 Å². The standard InChI is InChI=1S/C20H37N5OS.HI/c1-7-9-10-17(8-2)13-23-20(24-14-18(26)25(5)6)22-11-15(3)19-21-12-16(4)27-19;/h12,15,17H,7-11,13-14H2,1-6H3,(H2,22,23,24);1H. The van der Waals surface area contributed by atoms with Gasteiger partial charge >= 0.3 is 0 Å². The fraction of sp³-hybridized carbons (Fsp3) is 0.750. The molecule has 0 aliphatic carbocycles. The van der Waals surface area contributed by atoms with Crippen LogP contribution in [0.5, 0.6) is 0 Å². The van der Waals surface area contributed by atoms with Gasteiger partial charge in [-0.2, -0.15) is 0 Å². The summed E-state index contributed by atoms with van der Waals surface area (Å²) < 4.78 is 0. The van der Waals surface area contributed by atoms with Gasteiger partial charge in [0.15, 0.2) is 5.96 Å². The summed E-state index contributed by atoms with van der Waals surface area (Å²) in [6, 6.07) is 0. The van der Waals surface area contributed by atoms with E-state index in [2.05, 4.69) is 48.3 Å². The maximum Gasteiger partial charge on any atom is 0.243 e. The van der Waals surface area contributed by atoms with Crippen LogP contribution in [-0.2, 0) is 4.79 Å². The number of rotatable bonds is 11. The van der Waals surface area contributed by atoms with E-state index in [9.17, 15) is 4.79 Å². The molecule has 2 unspecified atom stereocenters. The third-order valence-electron chi connectivity index (χ3n) is 4.61. The van der Waals surface area contributed by atoms with E-state index in [1.807, 2.05) is 6.20 Å². The lowest BCUT2D eigenvalue weighted by atomic mass is 9.99. The molecule has 0 aliphatic heterocycles. The number of unbranched alkanes of at least 4 members (excludes halogenated alkanes) is 1. The van der Waals surface area contributed by atoms with Crippen molar-refractivity contribution in [2.75, 3.05) is 33.7 Å². The number of guanidine groups is 1. The van der Waals surface area contributed by atoms with Crippen LogP contribution in [0.2, 0.25) is 0 Å². The van der Waals surface area contributed by atoms with E-state index in [4.69, 9.17) is 0 Å². The van der Waals surface area contributed by atoms with Crippen molar-refractivity contribution in [3.8, 4) is 0 Å². The highest BCUT2D eigenvalue weighted by Gasteiger charge is 2.12. The molecule has 1 aromatic heterocycles. The number of aromatic nitrogens is 1. The summed E-state index contributed by atoms with van der Waals surface area (Å²) in [5, 5.41) is 7.95. The molecule has 8 heteroatoms. The highest BCUT2D eigenvalue weighted by atomic mass is 127. The molecule has 2 atom stereocenters. The first-order valence-corrected chi connectivity index (χ1v) is 10.8. The quantitative estimate of drug-likeness (QED) is 0.261. The molecule has 0 spiro atoms. The van der Waals surface area contributed by atoms with Crippen LogP contribution >= 0.6 is 35.3 Å². The van der Waals surface area contributed by atoms with Crippen LogP contribution in [0.3, 0.4) is 0 Å². The zero-order valence-electron chi connectivity index (χ0n) is 18.2. The van der Waals surface area contributed by atoms with Crippen molar-refractivity contribution in [3.05, 3.63) is 16.1 Å². The predicted octanol–water partition coefficient (Wildman–Crippen LogP) is 4.01. The van der Waals surface area contributed by atoms with Crippen molar-refractivity contribution in [1.29, 1.82) is 0 Å². The average molecular weight is 524 g/mol. The van der Waals surface area contributed by atoms with Crippen LogP contribution in [0.1, 0.15) is 62.3 Å². The lowest BCUT2D eigenvalue weighted by Gasteiger charge is -2.19. The number of hydrogen-bond donors (Lipinski definition) is 2. The van der Waals surface area contributed by atoms with Gasteiger partial charge in [0.1, 0.15) is 6.54 Å². The Morgan fingerprint density at radius 3 is 2.50 bits per heavy atom. The molecular weight excluding hydrogens is 485 g/mol. The molecule has 162 valence electrons. The Morgan fingerprint density at radius 1 is 1.29 bits per heavy atom. The van der Waals surface area contributed by atoms with E-state index in [0.717, 1.165) is 24.5 Å². The number of carbonyl (C=O) groups excluding carboxylic acids is 1. The molecule has 0 fully saturated rings. The van der Waals surface area contributed by atoms with Gasteiger partial charge in [-0.15, -0.1) is 35.3 Å². The second-order valence-corrected chi connectivity index (χ2v) is 8.61. The minimum absolute atomic E-state index is 0. The normalized spacial score (nSPS) is 13.4. The third-order valence-corrected chi connectivity index (χ3v) is 5.75. The molecule has 1 heterocycles. The molecule has 6 nitrogen and oxygen atoms in total. The number of amides is 1. The molecule has 0 aliphatic rings. The molecular formula is C20H38IN5OS. The largest absolute Gasteiger partial charge is 0.356 e. The monoisotopic (exact) mass is 523 g/mol. The lowest BCUT2D eigenvalue weighted by molar-refractivity contribution is -0.127. The lowest BCUT2D eigenvalue weighted by Crippen LogP contribution is -2.42. The molecule has 0 bridgehead atoms. The maximum atomic E-state index is 11.9. The topological polar surface area (TPSA) is 69.6 Å². The summed E-state index contributed by atoms with van der Waals surface area (Å²) in [5.74, 6) is 1.63. The molecule has 1 aromatic rings. The second kappa shape index (κ2) is 15.0. The maximum absolute atomic E-state index is 11.9. The zero-order chi connectivity index (χ0) is 20.2. The fourth-order valence-electron chi connectivity index (χ4n) is 2.58. The van der Waals surface area contributed by atoms with Gasteiger partial charge in [0.25, 0.3) is 0 Å². The minimum Gasteiger partial charge on any atom is -0.356 e. The minimum atomic E-state index is -0.00211. The summed E-state index contributed by atoms with van der Waals surface area (Å²) in [5.41, 5.74) is 0.